The highest BCUT2D eigenvalue weighted by Gasteiger charge is 2.29. The van der Waals surface area contributed by atoms with Crippen molar-refractivity contribution in [2.75, 3.05) is 5.32 Å². The van der Waals surface area contributed by atoms with Crippen LogP contribution in [0.15, 0.2) is 47.2 Å². The predicted molar refractivity (Wildman–Crippen MR) is 108 cm³/mol. The second kappa shape index (κ2) is 6.77. The maximum atomic E-state index is 12.5. The van der Waals surface area contributed by atoms with Gasteiger partial charge in [0.2, 0.25) is 11.9 Å². The minimum Gasteiger partial charge on any atom is -0.469 e. The zero-order valence-electron chi connectivity index (χ0n) is 16.1. The molecule has 1 aromatic carbocycles. The lowest BCUT2D eigenvalue weighted by atomic mass is 9.85. The summed E-state index contributed by atoms with van der Waals surface area (Å²) < 4.78 is 5.49. The molecule has 0 bridgehead atoms. The number of nitrogens with zero attached hydrogens (tertiary/aromatic N) is 4. The van der Waals surface area contributed by atoms with Crippen LogP contribution in [0, 0.1) is 13.8 Å². The van der Waals surface area contributed by atoms with Gasteiger partial charge < -0.3 is 4.42 Å². The number of anilines is 2. The summed E-state index contributed by atoms with van der Waals surface area (Å²) in [6.07, 6.45) is 4.25. The normalized spacial score (nSPS) is 16.1. The maximum Gasteiger partial charge on any atom is 0.230 e. The van der Waals surface area contributed by atoms with E-state index in [0.29, 0.717) is 36.0 Å². The summed E-state index contributed by atoms with van der Waals surface area (Å²) in [7, 11) is 0. The number of carbonyl (C=O) groups excluding carboxylic acids is 1. The van der Waals surface area contributed by atoms with E-state index in [9.17, 15) is 4.79 Å². The van der Waals surface area contributed by atoms with Crippen LogP contribution in [0.4, 0.5) is 11.9 Å². The molecule has 7 nitrogen and oxygen atoms in total. The van der Waals surface area contributed by atoms with Crippen molar-refractivity contribution in [1.29, 1.82) is 0 Å². The number of hydrogen-bond acceptors (Lipinski definition) is 7. The monoisotopic (exact) mass is 385 g/mol. The zero-order chi connectivity index (χ0) is 20.0. The first-order chi connectivity index (χ1) is 14.1. The molecule has 1 aliphatic rings. The van der Waals surface area contributed by atoms with Gasteiger partial charge >= 0.3 is 0 Å². The van der Waals surface area contributed by atoms with E-state index in [1.54, 1.807) is 12.5 Å². The Labute approximate surface area is 167 Å². The quantitative estimate of drug-likeness (QED) is 0.562. The number of Topliss-reactive ketones (excluding diaryl/α,β-unsaturated/α-hetero) is 1. The molecule has 0 saturated heterocycles. The van der Waals surface area contributed by atoms with Crippen molar-refractivity contribution in [2.45, 2.75) is 32.6 Å². The Balaban J connectivity index is 1.47. The molecule has 0 unspecified atom stereocenters. The molecular weight excluding hydrogens is 366 g/mol. The fourth-order valence-electron chi connectivity index (χ4n) is 3.78. The highest BCUT2D eigenvalue weighted by atomic mass is 16.3. The SMILES string of the molecule is Cc1ccc2c(C)nc(Nc3ncc4c(n3)C[C@@H](c3ccco3)CC4=O)nc2c1. The summed E-state index contributed by atoms with van der Waals surface area (Å²) in [6, 6.07) is 9.83. The van der Waals surface area contributed by atoms with Gasteiger partial charge in [-0.2, -0.15) is 0 Å². The fourth-order valence-corrected chi connectivity index (χ4v) is 3.78. The number of aromatic nitrogens is 4. The van der Waals surface area contributed by atoms with Crippen LogP contribution in [-0.4, -0.2) is 25.7 Å². The fraction of sp³-hybridized carbons (Fsp3) is 0.227. The van der Waals surface area contributed by atoms with Crippen LogP contribution in [-0.2, 0) is 6.42 Å². The van der Waals surface area contributed by atoms with E-state index in [4.69, 9.17) is 4.42 Å². The van der Waals surface area contributed by atoms with Gasteiger partial charge in [-0.15, -0.1) is 0 Å². The summed E-state index contributed by atoms with van der Waals surface area (Å²) in [5, 5.41) is 4.11. The second-order valence-corrected chi connectivity index (χ2v) is 7.38. The first-order valence-corrected chi connectivity index (χ1v) is 9.51. The molecule has 0 fully saturated rings. The topological polar surface area (TPSA) is 93.8 Å². The minimum absolute atomic E-state index is 0.00473. The molecule has 0 amide bonds. The van der Waals surface area contributed by atoms with Crippen LogP contribution in [0.2, 0.25) is 0 Å². The largest absolute Gasteiger partial charge is 0.469 e. The van der Waals surface area contributed by atoms with Crippen LogP contribution in [0.3, 0.4) is 0 Å². The first kappa shape index (κ1) is 17.5. The number of fused-ring (bicyclic) bond motifs is 2. The number of benzene rings is 1. The van der Waals surface area contributed by atoms with E-state index in [-0.39, 0.29) is 11.7 Å². The molecule has 3 aromatic heterocycles. The molecule has 1 aliphatic carbocycles. The Hall–Kier alpha value is -3.61. The highest BCUT2D eigenvalue weighted by molar-refractivity contribution is 5.98. The summed E-state index contributed by atoms with van der Waals surface area (Å²) >= 11 is 0. The summed E-state index contributed by atoms with van der Waals surface area (Å²) in [5.41, 5.74) is 4.17. The molecule has 3 heterocycles. The Kier molecular flexibility index (Phi) is 4.08. The number of nitrogens with one attached hydrogen (secondary N) is 1. The number of rotatable bonds is 3. The van der Waals surface area contributed by atoms with Gasteiger partial charge in [-0.25, -0.2) is 19.9 Å². The minimum atomic E-state index is -0.00473. The van der Waals surface area contributed by atoms with Gasteiger partial charge in [0.1, 0.15) is 5.76 Å². The van der Waals surface area contributed by atoms with Gasteiger partial charge in [0.05, 0.1) is 28.7 Å². The van der Waals surface area contributed by atoms with Crippen LogP contribution in [0.1, 0.15) is 45.4 Å². The molecule has 1 atom stereocenters. The lowest BCUT2D eigenvalue weighted by molar-refractivity contribution is 0.0958. The van der Waals surface area contributed by atoms with Crippen LogP contribution in [0.5, 0.6) is 0 Å². The standard InChI is InChI=1S/C22H19N5O2/c1-12-5-6-15-13(2)24-22(26-17(15)8-12)27-21-23-11-16-18(25-21)9-14(10-19(16)28)20-4-3-7-29-20/h3-8,11,14H,9-10H2,1-2H3,(H,23,24,25,26,27)/t14-/m1/s1. The molecule has 0 saturated carbocycles. The van der Waals surface area contributed by atoms with Crippen molar-refractivity contribution < 1.29 is 9.21 Å². The van der Waals surface area contributed by atoms with Crippen molar-refractivity contribution in [3.8, 4) is 0 Å². The van der Waals surface area contributed by atoms with Crippen LogP contribution >= 0.6 is 0 Å². The molecule has 29 heavy (non-hydrogen) atoms. The lowest BCUT2D eigenvalue weighted by Crippen LogP contribution is -2.21. The van der Waals surface area contributed by atoms with Gasteiger partial charge in [0.15, 0.2) is 5.78 Å². The van der Waals surface area contributed by atoms with E-state index in [2.05, 4.69) is 25.3 Å². The van der Waals surface area contributed by atoms with Crippen molar-refractivity contribution in [1.82, 2.24) is 19.9 Å². The predicted octanol–water partition coefficient (Wildman–Crippen LogP) is 4.29. The van der Waals surface area contributed by atoms with Crippen LogP contribution in [0.25, 0.3) is 10.9 Å². The van der Waals surface area contributed by atoms with Gasteiger partial charge in [0.25, 0.3) is 0 Å². The zero-order valence-corrected chi connectivity index (χ0v) is 16.1. The van der Waals surface area contributed by atoms with Crippen molar-refractivity contribution in [2.24, 2.45) is 0 Å². The number of aryl methyl sites for hydroxylation is 2. The van der Waals surface area contributed by atoms with E-state index < -0.39 is 0 Å². The smallest absolute Gasteiger partial charge is 0.230 e. The molecule has 0 radical (unpaired) electrons. The number of hydrogen-bond donors (Lipinski definition) is 1. The van der Waals surface area contributed by atoms with Crippen molar-refractivity contribution >= 4 is 28.6 Å². The average Bonchev–Trinajstić information content (AvgIpc) is 3.22. The molecule has 0 aliphatic heterocycles. The van der Waals surface area contributed by atoms with Gasteiger partial charge in [-0.1, -0.05) is 12.1 Å². The third kappa shape index (κ3) is 3.24. The summed E-state index contributed by atoms with van der Waals surface area (Å²) in [6.45, 7) is 3.98. The third-order valence-electron chi connectivity index (χ3n) is 5.25. The summed E-state index contributed by atoms with van der Waals surface area (Å²) in [4.78, 5) is 30.5. The van der Waals surface area contributed by atoms with Gasteiger partial charge in [-0.3, -0.25) is 10.1 Å². The maximum absolute atomic E-state index is 12.5. The Morgan fingerprint density at radius 2 is 1.97 bits per heavy atom. The number of carbonyl (C=O) groups is 1. The van der Waals surface area contributed by atoms with E-state index in [1.807, 2.05) is 44.2 Å². The molecule has 1 N–H and O–H groups in total. The first-order valence-electron chi connectivity index (χ1n) is 9.51. The lowest BCUT2D eigenvalue weighted by Gasteiger charge is -2.21. The molecule has 144 valence electrons. The molecule has 4 aromatic rings. The molecule has 7 heteroatoms. The van der Waals surface area contributed by atoms with Gasteiger partial charge in [0, 0.05) is 30.3 Å². The Bertz CT molecular complexity index is 1230. The Morgan fingerprint density at radius 3 is 2.79 bits per heavy atom. The molecular formula is C22H19N5O2. The van der Waals surface area contributed by atoms with Gasteiger partial charge in [-0.05, 0) is 37.6 Å². The van der Waals surface area contributed by atoms with E-state index in [1.165, 1.54) is 0 Å². The highest BCUT2D eigenvalue weighted by Crippen LogP contribution is 2.32. The van der Waals surface area contributed by atoms with Crippen molar-refractivity contribution in [3.63, 3.8) is 0 Å². The number of ketones is 1. The summed E-state index contributed by atoms with van der Waals surface area (Å²) in [5.74, 6) is 1.65. The third-order valence-corrected chi connectivity index (χ3v) is 5.25. The molecule has 5 rings (SSSR count). The Morgan fingerprint density at radius 1 is 1.07 bits per heavy atom. The van der Waals surface area contributed by atoms with E-state index >= 15 is 0 Å². The molecule has 0 spiro atoms. The van der Waals surface area contributed by atoms with Crippen molar-refractivity contribution in [3.05, 3.63) is 71.1 Å². The average molecular weight is 385 g/mol. The van der Waals surface area contributed by atoms with E-state index in [0.717, 1.165) is 27.9 Å². The number of furan rings is 1. The second-order valence-electron chi connectivity index (χ2n) is 7.38. The van der Waals surface area contributed by atoms with Crippen LogP contribution < -0.4 is 5.32 Å².